The lowest BCUT2D eigenvalue weighted by molar-refractivity contribution is 0.419. The molecule has 0 radical (unpaired) electrons. The summed E-state index contributed by atoms with van der Waals surface area (Å²) < 4.78 is 0. The van der Waals surface area contributed by atoms with E-state index in [0.717, 1.165) is 19.5 Å². The van der Waals surface area contributed by atoms with Crippen LogP contribution in [-0.2, 0) is 6.54 Å². The first-order valence-corrected chi connectivity index (χ1v) is 7.77. The third-order valence-corrected chi connectivity index (χ3v) is 3.74. The highest BCUT2D eigenvalue weighted by molar-refractivity contribution is 5.75. The van der Waals surface area contributed by atoms with E-state index in [1.807, 2.05) is 6.07 Å². The van der Waals surface area contributed by atoms with Crippen LogP contribution in [0.25, 0.3) is 5.57 Å². The van der Waals surface area contributed by atoms with Crippen LogP contribution in [0.1, 0.15) is 23.1 Å². The molecule has 0 amide bonds. The second-order valence-corrected chi connectivity index (χ2v) is 6.05. The van der Waals surface area contributed by atoms with E-state index in [0.29, 0.717) is 0 Å². The predicted octanol–water partition coefficient (Wildman–Crippen LogP) is 4.57. The molecule has 0 fully saturated rings. The third kappa shape index (κ3) is 4.74. The van der Waals surface area contributed by atoms with Crippen molar-refractivity contribution < 1.29 is 0 Å². The van der Waals surface area contributed by atoms with Gasteiger partial charge in [-0.05, 0) is 50.7 Å². The third-order valence-electron chi connectivity index (χ3n) is 3.74. The molecule has 2 rings (SSSR count). The monoisotopic (exact) mass is 294 g/mol. The molecule has 0 aliphatic rings. The van der Waals surface area contributed by atoms with E-state index in [1.165, 1.54) is 28.0 Å². The maximum absolute atomic E-state index is 4.29. The van der Waals surface area contributed by atoms with Crippen LogP contribution < -0.4 is 5.32 Å². The molecule has 0 saturated carbocycles. The highest BCUT2D eigenvalue weighted by atomic mass is 15.0. The molecular weight excluding hydrogens is 268 g/mol. The highest BCUT2D eigenvalue weighted by Crippen LogP contribution is 2.27. The highest BCUT2D eigenvalue weighted by Gasteiger charge is 2.07. The predicted molar refractivity (Wildman–Crippen MR) is 97.2 cm³/mol. The van der Waals surface area contributed by atoms with Crippen molar-refractivity contribution in [2.24, 2.45) is 0 Å². The fourth-order valence-electron chi connectivity index (χ4n) is 2.39. The lowest BCUT2D eigenvalue weighted by atomic mass is 9.99. The van der Waals surface area contributed by atoms with Crippen LogP contribution in [0.4, 0.5) is 5.69 Å². The number of benzene rings is 2. The lowest BCUT2D eigenvalue weighted by Gasteiger charge is -2.17. The molecule has 2 nitrogen and oxygen atoms in total. The number of nitrogens with zero attached hydrogens (tertiary/aromatic N) is 1. The fraction of sp³-hybridized carbons (Fsp3) is 0.300. The second kappa shape index (κ2) is 7.81. The van der Waals surface area contributed by atoms with Crippen LogP contribution in [0, 0.1) is 6.92 Å². The van der Waals surface area contributed by atoms with Crippen molar-refractivity contribution in [1.82, 2.24) is 4.90 Å². The van der Waals surface area contributed by atoms with Gasteiger partial charge in [-0.1, -0.05) is 48.5 Å². The molecule has 0 bridgehead atoms. The largest absolute Gasteiger partial charge is 0.380 e. The van der Waals surface area contributed by atoms with Gasteiger partial charge in [-0.2, -0.15) is 0 Å². The van der Waals surface area contributed by atoms with Crippen LogP contribution in [0.3, 0.4) is 0 Å². The summed E-state index contributed by atoms with van der Waals surface area (Å²) in [7, 11) is 4.19. The van der Waals surface area contributed by atoms with E-state index >= 15 is 0 Å². The Morgan fingerprint density at radius 3 is 2.50 bits per heavy atom. The Kier molecular flexibility index (Phi) is 5.79. The van der Waals surface area contributed by atoms with Gasteiger partial charge in [-0.25, -0.2) is 0 Å². The summed E-state index contributed by atoms with van der Waals surface area (Å²) in [6.45, 7) is 8.27. The maximum atomic E-state index is 4.29. The minimum Gasteiger partial charge on any atom is -0.380 e. The number of rotatable bonds is 7. The summed E-state index contributed by atoms with van der Waals surface area (Å²) in [4.78, 5) is 2.19. The molecule has 2 heteroatoms. The van der Waals surface area contributed by atoms with Crippen molar-refractivity contribution >= 4 is 11.3 Å². The average Bonchev–Trinajstić information content (AvgIpc) is 2.52. The van der Waals surface area contributed by atoms with Crippen LogP contribution in [-0.4, -0.2) is 25.5 Å². The van der Waals surface area contributed by atoms with Crippen molar-refractivity contribution in [2.75, 3.05) is 26.0 Å². The maximum Gasteiger partial charge on any atom is 0.0419 e. The molecule has 22 heavy (non-hydrogen) atoms. The first kappa shape index (κ1) is 16.3. The number of hydrogen-bond acceptors (Lipinski definition) is 2. The molecule has 0 heterocycles. The molecule has 0 aliphatic heterocycles. The van der Waals surface area contributed by atoms with Crippen molar-refractivity contribution in [3.63, 3.8) is 0 Å². The van der Waals surface area contributed by atoms with E-state index in [4.69, 9.17) is 0 Å². The van der Waals surface area contributed by atoms with Crippen molar-refractivity contribution in [3.05, 3.63) is 71.8 Å². The molecule has 0 aliphatic carbocycles. The first-order valence-electron chi connectivity index (χ1n) is 7.77. The van der Waals surface area contributed by atoms with Gasteiger partial charge in [0.15, 0.2) is 0 Å². The van der Waals surface area contributed by atoms with Gasteiger partial charge in [0.1, 0.15) is 0 Å². The number of anilines is 1. The van der Waals surface area contributed by atoms with E-state index in [1.54, 1.807) is 0 Å². The minimum atomic E-state index is 0.831. The molecule has 0 saturated heterocycles. The zero-order chi connectivity index (χ0) is 15.9. The van der Waals surface area contributed by atoms with Crippen LogP contribution >= 0.6 is 0 Å². The van der Waals surface area contributed by atoms with Gasteiger partial charge in [0.05, 0.1) is 0 Å². The average molecular weight is 294 g/mol. The Bertz CT molecular complexity index is 615. The first-order chi connectivity index (χ1) is 10.6. The summed E-state index contributed by atoms with van der Waals surface area (Å²) in [5.74, 6) is 0. The summed E-state index contributed by atoms with van der Waals surface area (Å²) in [5.41, 5.74) is 6.14. The minimum absolute atomic E-state index is 0.831. The lowest BCUT2D eigenvalue weighted by Crippen LogP contribution is -2.13. The standard InChI is InChI=1S/C20H26N2/c1-16-10-11-20(21-15-18-8-6-5-7-9-18)19(14-16)17(2)12-13-22(3)4/h5-11,14,21H,2,12-13,15H2,1,3-4H3. The Labute approximate surface area is 134 Å². The topological polar surface area (TPSA) is 15.3 Å². The molecule has 1 N–H and O–H groups in total. The van der Waals surface area contributed by atoms with Crippen molar-refractivity contribution in [2.45, 2.75) is 19.9 Å². The van der Waals surface area contributed by atoms with E-state index in [2.05, 4.69) is 80.3 Å². The molecule has 0 atom stereocenters. The second-order valence-electron chi connectivity index (χ2n) is 6.05. The molecule has 0 spiro atoms. The van der Waals surface area contributed by atoms with E-state index < -0.39 is 0 Å². The molecular formula is C20H26N2. The van der Waals surface area contributed by atoms with Crippen LogP contribution in [0.15, 0.2) is 55.1 Å². The summed E-state index contributed by atoms with van der Waals surface area (Å²) in [5, 5.41) is 3.55. The van der Waals surface area contributed by atoms with E-state index in [9.17, 15) is 0 Å². The quantitative estimate of drug-likeness (QED) is 0.804. The Morgan fingerprint density at radius 1 is 1.09 bits per heavy atom. The number of aryl methyl sites for hydroxylation is 1. The Morgan fingerprint density at radius 2 is 1.82 bits per heavy atom. The zero-order valence-corrected chi connectivity index (χ0v) is 13.9. The smallest absolute Gasteiger partial charge is 0.0419 e. The number of nitrogens with one attached hydrogen (secondary N) is 1. The van der Waals surface area contributed by atoms with Crippen LogP contribution in [0.2, 0.25) is 0 Å². The molecule has 2 aromatic rings. The molecule has 2 aromatic carbocycles. The summed E-state index contributed by atoms with van der Waals surface area (Å²) in [6.07, 6.45) is 0.983. The Balaban J connectivity index is 2.11. The van der Waals surface area contributed by atoms with Crippen LogP contribution in [0.5, 0.6) is 0 Å². The van der Waals surface area contributed by atoms with Gasteiger partial charge in [0.25, 0.3) is 0 Å². The van der Waals surface area contributed by atoms with Crippen molar-refractivity contribution in [3.8, 4) is 0 Å². The summed E-state index contributed by atoms with van der Waals surface area (Å²) in [6, 6.07) is 17.0. The van der Waals surface area contributed by atoms with Gasteiger partial charge in [-0.15, -0.1) is 0 Å². The van der Waals surface area contributed by atoms with Gasteiger partial charge in [0, 0.05) is 24.3 Å². The van der Waals surface area contributed by atoms with E-state index in [-0.39, 0.29) is 0 Å². The van der Waals surface area contributed by atoms with Gasteiger partial charge >= 0.3 is 0 Å². The number of hydrogen-bond donors (Lipinski definition) is 1. The Hall–Kier alpha value is -2.06. The SMILES string of the molecule is C=C(CCN(C)C)c1cc(C)ccc1NCc1ccccc1. The summed E-state index contributed by atoms with van der Waals surface area (Å²) >= 11 is 0. The van der Waals surface area contributed by atoms with Crippen molar-refractivity contribution in [1.29, 1.82) is 0 Å². The van der Waals surface area contributed by atoms with Gasteiger partial charge in [-0.3, -0.25) is 0 Å². The zero-order valence-electron chi connectivity index (χ0n) is 13.9. The fourth-order valence-corrected chi connectivity index (χ4v) is 2.39. The van der Waals surface area contributed by atoms with Gasteiger partial charge in [0.2, 0.25) is 0 Å². The molecule has 0 aromatic heterocycles. The van der Waals surface area contributed by atoms with Gasteiger partial charge < -0.3 is 10.2 Å². The normalized spacial score (nSPS) is 10.7. The molecule has 0 unspecified atom stereocenters. The molecule has 116 valence electrons.